The molecule has 6 nitrogen and oxygen atoms in total. The van der Waals surface area contributed by atoms with Crippen molar-refractivity contribution >= 4 is 11.9 Å². The van der Waals surface area contributed by atoms with Gasteiger partial charge in [-0.25, -0.2) is 0 Å². The highest BCUT2D eigenvalue weighted by molar-refractivity contribution is 5.74. The van der Waals surface area contributed by atoms with E-state index in [-0.39, 0.29) is 25.6 Å². The van der Waals surface area contributed by atoms with Crippen LogP contribution in [-0.4, -0.2) is 30.3 Å². The van der Waals surface area contributed by atoms with Crippen molar-refractivity contribution in [3.8, 4) is 11.5 Å². The maximum atomic E-state index is 12.4. The first-order chi connectivity index (χ1) is 14.5. The second-order valence-corrected chi connectivity index (χ2v) is 7.58. The van der Waals surface area contributed by atoms with Crippen molar-refractivity contribution in [3.63, 3.8) is 0 Å². The quantitative estimate of drug-likeness (QED) is 0.569. The lowest BCUT2D eigenvalue weighted by Gasteiger charge is -2.20. The standard InChI is InChI=1S/C24H28O6/c1-28-21-12-11-18(13-22(21)30-20-9-5-6-10-20)19(14-23(25)26)15-24(27)29-16-17-7-3-2-4-8-17/h2-4,7-8,11-13,19-20H,5-6,9-10,14-16H2,1H3,(H,25,26)/t19-/m0/s1. The van der Waals surface area contributed by atoms with Gasteiger partial charge in [-0.2, -0.15) is 0 Å². The molecule has 1 aliphatic rings. The van der Waals surface area contributed by atoms with Crippen molar-refractivity contribution in [1.82, 2.24) is 0 Å². The first kappa shape index (κ1) is 21.7. The number of ether oxygens (including phenoxy) is 3. The summed E-state index contributed by atoms with van der Waals surface area (Å²) in [5.74, 6) is -0.715. The highest BCUT2D eigenvalue weighted by Gasteiger charge is 2.24. The van der Waals surface area contributed by atoms with E-state index in [9.17, 15) is 14.7 Å². The molecule has 0 radical (unpaired) electrons. The van der Waals surface area contributed by atoms with Crippen molar-refractivity contribution in [1.29, 1.82) is 0 Å². The van der Waals surface area contributed by atoms with E-state index in [0.29, 0.717) is 11.5 Å². The second kappa shape index (κ2) is 10.7. The van der Waals surface area contributed by atoms with E-state index in [4.69, 9.17) is 14.2 Å². The Labute approximate surface area is 176 Å². The minimum Gasteiger partial charge on any atom is -0.493 e. The summed E-state index contributed by atoms with van der Waals surface area (Å²) in [4.78, 5) is 23.8. The normalized spacial score (nSPS) is 14.8. The van der Waals surface area contributed by atoms with Crippen molar-refractivity contribution in [2.45, 2.75) is 57.2 Å². The van der Waals surface area contributed by atoms with E-state index in [2.05, 4.69) is 0 Å². The van der Waals surface area contributed by atoms with Crippen LogP contribution in [0.4, 0.5) is 0 Å². The highest BCUT2D eigenvalue weighted by atomic mass is 16.5. The van der Waals surface area contributed by atoms with Crippen molar-refractivity contribution < 1.29 is 28.9 Å². The van der Waals surface area contributed by atoms with Gasteiger partial charge in [-0.3, -0.25) is 9.59 Å². The van der Waals surface area contributed by atoms with Crippen molar-refractivity contribution in [2.75, 3.05) is 7.11 Å². The van der Waals surface area contributed by atoms with Crippen molar-refractivity contribution in [3.05, 3.63) is 59.7 Å². The van der Waals surface area contributed by atoms with Crippen LogP contribution in [0.3, 0.4) is 0 Å². The molecule has 3 rings (SSSR count). The molecule has 0 unspecified atom stereocenters. The molecule has 2 aromatic carbocycles. The predicted octanol–water partition coefficient (Wildman–Crippen LogP) is 4.71. The second-order valence-electron chi connectivity index (χ2n) is 7.58. The van der Waals surface area contributed by atoms with Gasteiger partial charge in [0.2, 0.25) is 0 Å². The minimum absolute atomic E-state index is 0.0195. The molecular weight excluding hydrogens is 384 g/mol. The Balaban J connectivity index is 1.71. The van der Waals surface area contributed by atoms with Gasteiger partial charge in [0.1, 0.15) is 6.61 Å². The molecule has 0 bridgehead atoms. The zero-order valence-electron chi connectivity index (χ0n) is 17.2. The Morgan fingerprint density at radius 1 is 1.03 bits per heavy atom. The SMILES string of the molecule is COc1ccc([C@@H](CC(=O)O)CC(=O)OCc2ccccc2)cc1OC1CCCC1. The third-order valence-corrected chi connectivity index (χ3v) is 5.33. The summed E-state index contributed by atoms with van der Waals surface area (Å²) in [5, 5.41) is 9.36. The molecule has 1 saturated carbocycles. The van der Waals surface area contributed by atoms with Crippen LogP contribution in [0.2, 0.25) is 0 Å². The number of rotatable bonds is 10. The van der Waals surface area contributed by atoms with Gasteiger partial charge in [0.15, 0.2) is 11.5 Å². The summed E-state index contributed by atoms with van der Waals surface area (Å²) in [6.07, 6.45) is 4.23. The number of benzene rings is 2. The molecule has 0 aromatic heterocycles. The topological polar surface area (TPSA) is 82.1 Å². The molecule has 2 aromatic rings. The smallest absolute Gasteiger partial charge is 0.306 e. The van der Waals surface area contributed by atoms with Crippen LogP contribution in [0, 0.1) is 0 Å². The lowest BCUT2D eigenvalue weighted by atomic mass is 9.92. The molecule has 6 heteroatoms. The lowest BCUT2D eigenvalue weighted by Crippen LogP contribution is -2.15. The Hall–Kier alpha value is -3.02. The van der Waals surface area contributed by atoms with Gasteiger partial charge in [-0.15, -0.1) is 0 Å². The minimum atomic E-state index is -0.968. The Morgan fingerprint density at radius 2 is 1.77 bits per heavy atom. The van der Waals surface area contributed by atoms with Crippen LogP contribution in [0.15, 0.2) is 48.5 Å². The van der Waals surface area contributed by atoms with E-state index < -0.39 is 17.9 Å². The van der Waals surface area contributed by atoms with Gasteiger partial charge >= 0.3 is 11.9 Å². The molecule has 0 heterocycles. The number of hydrogen-bond acceptors (Lipinski definition) is 5. The number of methoxy groups -OCH3 is 1. The highest BCUT2D eigenvalue weighted by Crippen LogP contribution is 2.36. The van der Waals surface area contributed by atoms with Crippen LogP contribution >= 0.6 is 0 Å². The lowest BCUT2D eigenvalue weighted by molar-refractivity contribution is -0.145. The van der Waals surface area contributed by atoms with E-state index >= 15 is 0 Å². The van der Waals surface area contributed by atoms with Crippen molar-refractivity contribution in [2.24, 2.45) is 0 Å². The molecule has 1 N–H and O–H groups in total. The van der Waals surface area contributed by atoms with E-state index in [0.717, 1.165) is 36.8 Å². The Kier molecular flexibility index (Phi) is 7.71. The van der Waals surface area contributed by atoms with Gasteiger partial charge in [0.05, 0.1) is 26.1 Å². The van der Waals surface area contributed by atoms with Gasteiger partial charge in [-0.05, 0) is 48.9 Å². The molecule has 160 valence electrons. The average molecular weight is 412 g/mol. The Morgan fingerprint density at radius 3 is 2.43 bits per heavy atom. The maximum absolute atomic E-state index is 12.4. The van der Waals surface area contributed by atoms with Crippen LogP contribution < -0.4 is 9.47 Å². The van der Waals surface area contributed by atoms with Crippen LogP contribution in [0.1, 0.15) is 55.6 Å². The zero-order valence-corrected chi connectivity index (χ0v) is 17.2. The monoisotopic (exact) mass is 412 g/mol. The molecule has 1 atom stereocenters. The number of hydrogen-bond donors (Lipinski definition) is 1. The van der Waals surface area contributed by atoms with Gasteiger partial charge < -0.3 is 19.3 Å². The fourth-order valence-corrected chi connectivity index (χ4v) is 3.74. The summed E-state index contributed by atoms with van der Waals surface area (Å²) >= 11 is 0. The summed E-state index contributed by atoms with van der Waals surface area (Å²) in [7, 11) is 1.58. The molecule has 1 fully saturated rings. The van der Waals surface area contributed by atoms with Gasteiger partial charge in [0, 0.05) is 5.92 Å². The van der Waals surface area contributed by atoms with E-state index in [1.165, 1.54) is 0 Å². The van der Waals surface area contributed by atoms with Gasteiger partial charge in [-0.1, -0.05) is 36.4 Å². The third kappa shape index (κ3) is 6.24. The Bertz CT molecular complexity index is 842. The summed E-state index contributed by atoms with van der Waals surface area (Å²) in [5.41, 5.74) is 1.61. The van der Waals surface area contributed by atoms with Crippen LogP contribution in [-0.2, 0) is 20.9 Å². The number of carbonyl (C=O) groups excluding carboxylic acids is 1. The molecule has 0 amide bonds. The zero-order chi connectivity index (χ0) is 21.3. The number of carbonyl (C=O) groups is 2. The predicted molar refractivity (Wildman–Crippen MR) is 112 cm³/mol. The number of carboxylic acids is 1. The fraction of sp³-hybridized carbons (Fsp3) is 0.417. The third-order valence-electron chi connectivity index (χ3n) is 5.33. The van der Waals surface area contributed by atoms with E-state index in [1.54, 1.807) is 25.3 Å². The molecule has 0 aliphatic heterocycles. The molecule has 0 saturated heterocycles. The number of aliphatic carboxylic acids is 1. The average Bonchev–Trinajstić information content (AvgIpc) is 3.25. The molecule has 1 aliphatic carbocycles. The summed E-state index contributed by atoms with van der Waals surface area (Å²) < 4.78 is 16.9. The summed E-state index contributed by atoms with van der Waals surface area (Å²) in [6, 6.07) is 14.7. The van der Waals surface area contributed by atoms with Crippen LogP contribution in [0.5, 0.6) is 11.5 Å². The molecule has 30 heavy (non-hydrogen) atoms. The number of esters is 1. The molecular formula is C24H28O6. The van der Waals surface area contributed by atoms with Gasteiger partial charge in [0.25, 0.3) is 0 Å². The molecule has 0 spiro atoms. The first-order valence-electron chi connectivity index (χ1n) is 10.3. The fourth-order valence-electron chi connectivity index (χ4n) is 3.74. The summed E-state index contributed by atoms with van der Waals surface area (Å²) in [6.45, 7) is 0.165. The number of carboxylic acid groups (broad SMARTS) is 1. The largest absolute Gasteiger partial charge is 0.493 e. The first-order valence-corrected chi connectivity index (χ1v) is 10.3. The van der Waals surface area contributed by atoms with Crippen LogP contribution in [0.25, 0.3) is 0 Å². The maximum Gasteiger partial charge on any atom is 0.306 e. The van der Waals surface area contributed by atoms with E-state index in [1.807, 2.05) is 30.3 Å².